The van der Waals surface area contributed by atoms with E-state index in [9.17, 15) is 14.9 Å². The Kier molecular flexibility index (Phi) is 5.59. The number of ether oxygens (including phenoxy) is 3. The normalized spacial score (nSPS) is 16.4. The van der Waals surface area contributed by atoms with Crippen molar-refractivity contribution in [1.82, 2.24) is 4.98 Å². The summed E-state index contributed by atoms with van der Waals surface area (Å²) in [5, 5.41) is 10.3. The molecule has 2 aromatic rings. The van der Waals surface area contributed by atoms with E-state index in [-0.39, 0.29) is 35.0 Å². The van der Waals surface area contributed by atoms with Crippen molar-refractivity contribution in [3.05, 3.63) is 63.0 Å². The van der Waals surface area contributed by atoms with Gasteiger partial charge in [0.05, 0.1) is 24.7 Å². The number of fused-ring (bicyclic) bond motifs is 1. The van der Waals surface area contributed by atoms with Gasteiger partial charge in [-0.25, -0.2) is 4.79 Å². The number of nitriles is 1. The molecule has 8 nitrogen and oxygen atoms in total. The molecule has 1 atom stereocenters. The summed E-state index contributed by atoms with van der Waals surface area (Å²) < 4.78 is 16.0. The number of aromatic nitrogens is 1. The largest absolute Gasteiger partial charge is 0.494 e. The topological polar surface area (TPSA) is 127 Å². The molecule has 3 N–H and O–H groups in total. The van der Waals surface area contributed by atoms with Crippen molar-refractivity contribution in [3.8, 4) is 11.8 Å². The zero-order valence-corrected chi connectivity index (χ0v) is 16.4. The molecule has 29 heavy (non-hydrogen) atoms. The number of nitrogens with zero attached hydrogens (tertiary/aromatic N) is 1. The molecule has 0 saturated heterocycles. The van der Waals surface area contributed by atoms with E-state index in [4.69, 9.17) is 19.9 Å². The highest BCUT2D eigenvalue weighted by molar-refractivity contribution is 5.93. The lowest BCUT2D eigenvalue weighted by molar-refractivity contribution is -0.139. The molecule has 3 rings (SSSR count). The molecule has 0 amide bonds. The molecule has 0 radical (unpaired) electrons. The highest BCUT2D eigenvalue weighted by Gasteiger charge is 2.37. The lowest BCUT2D eigenvalue weighted by Crippen LogP contribution is -2.29. The van der Waals surface area contributed by atoms with Crippen LogP contribution in [0.1, 0.15) is 32.3 Å². The van der Waals surface area contributed by atoms with E-state index in [1.54, 1.807) is 38.1 Å². The molecule has 8 heteroatoms. The lowest BCUT2D eigenvalue weighted by Gasteiger charge is -2.26. The third kappa shape index (κ3) is 3.67. The van der Waals surface area contributed by atoms with Crippen LogP contribution >= 0.6 is 0 Å². The molecule has 1 aliphatic rings. The molecule has 0 spiro atoms. The van der Waals surface area contributed by atoms with Crippen molar-refractivity contribution >= 4 is 16.9 Å². The summed E-state index contributed by atoms with van der Waals surface area (Å²) in [6, 6.07) is 8.86. The predicted octanol–water partition coefficient (Wildman–Crippen LogP) is 2.57. The van der Waals surface area contributed by atoms with Gasteiger partial charge >= 0.3 is 5.97 Å². The van der Waals surface area contributed by atoms with Crippen molar-refractivity contribution in [2.24, 2.45) is 5.73 Å². The van der Waals surface area contributed by atoms with Crippen LogP contribution in [-0.4, -0.2) is 24.2 Å². The number of rotatable bonds is 5. The summed E-state index contributed by atoms with van der Waals surface area (Å²) in [5.74, 6) is -0.995. The maximum Gasteiger partial charge on any atom is 0.338 e. The van der Waals surface area contributed by atoms with E-state index < -0.39 is 17.4 Å². The quantitative estimate of drug-likeness (QED) is 0.745. The van der Waals surface area contributed by atoms with Gasteiger partial charge in [-0.1, -0.05) is 0 Å². The molecule has 0 aliphatic carbocycles. The SMILES string of the molecule is CCOC(=O)C1=C(C)OC(N)=C(C#N)C1c1cc2cc(OCC)ccc2[nH]c1=O. The molecule has 1 unspecified atom stereocenters. The minimum absolute atomic E-state index is 0.0236. The fraction of sp³-hybridized carbons (Fsp3) is 0.286. The number of allylic oxidation sites excluding steroid dienone is 2. The highest BCUT2D eigenvalue weighted by atomic mass is 16.5. The number of benzene rings is 1. The molecule has 0 bridgehead atoms. The number of nitrogens with one attached hydrogen (secondary N) is 1. The molecular weight excluding hydrogens is 374 g/mol. The monoisotopic (exact) mass is 395 g/mol. The van der Waals surface area contributed by atoms with Crippen LogP contribution < -0.4 is 16.0 Å². The Morgan fingerprint density at radius 3 is 2.72 bits per heavy atom. The molecule has 1 aromatic carbocycles. The first kappa shape index (κ1) is 20.0. The van der Waals surface area contributed by atoms with Crippen molar-refractivity contribution in [1.29, 1.82) is 5.26 Å². The predicted molar refractivity (Wildman–Crippen MR) is 106 cm³/mol. The summed E-state index contributed by atoms with van der Waals surface area (Å²) in [6.07, 6.45) is 0. The van der Waals surface area contributed by atoms with Crippen LogP contribution in [0.25, 0.3) is 10.9 Å². The molecular formula is C21H21N3O5. The number of aromatic amines is 1. The van der Waals surface area contributed by atoms with Gasteiger partial charge < -0.3 is 24.9 Å². The lowest BCUT2D eigenvalue weighted by atomic mass is 9.83. The maximum absolute atomic E-state index is 12.9. The fourth-order valence-electron chi connectivity index (χ4n) is 3.34. The van der Waals surface area contributed by atoms with Crippen molar-refractivity contribution < 1.29 is 19.0 Å². The molecule has 2 heterocycles. The van der Waals surface area contributed by atoms with Crippen molar-refractivity contribution in [2.45, 2.75) is 26.7 Å². The van der Waals surface area contributed by atoms with Gasteiger partial charge in [-0.05, 0) is 45.0 Å². The molecule has 0 fully saturated rings. The van der Waals surface area contributed by atoms with Crippen molar-refractivity contribution in [3.63, 3.8) is 0 Å². The zero-order chi connectivity index (χ0) is 21.1. The Morgan fingerprint density at radius 2 is 2.07 bits per heavy atom. The third-order valence-electron chi connectivity index (χ3n) is 4.57. The average molecular weight is 395 g/mol. The summed E-state index contributed by atoms with van der Waals surface area (Å²) in [5.41, 5.74) is 6.29. The number of hydrogen-bond acceptors (Lipinski definition) is 7. The first-order chi connectivity index (χ1) is 13.9. The highest BCUT2D eigenvalue weighted by Crippen LogP contribution is 2.39. The number of pyridine rings is 1. The Labute approximate surface area is 167 Å². The van der Waals surface area contributed by atoms with E-state index in [2.05, 4.69) is 4.98 Å². The molecule has 150 valence electrons. The van der Waals surface area contributed by atoms with Crippen LogP contribution in [0.5, 0.6) is 5.75 Å². The average Bonchev–Trinajstić information content (AvgIpc) is 2.67. The standard InChI is InChI=1S/C21H21N3O5/c1-4-27-13-6-7-16-12(8-13)9-14(20(25)24-16)18-15(10-22)19(23)29-11(3)17(18)21(26)28-5-2/h6-9,18H,4-5,23H2,1-3H3,(H,24,25). The first-order valence-electron chi connectivity index (χ1n) is 9.16. The second-order valence-electron chi connectivity index (χ2n) is 6.35. The van der Waals surface area contributed by atoms with Crippen LogP contribution in [-0.2, 0) is 14.3 Å². The van der Waals surface area contributed by atoms with Gasteiger partial charge in [0.15, 0.2) is 0 Å². The minimum Gasteiger partial charge on any atom is -0.494 e. The van der Waals surface area contributed by atoms with Gasteiger partial charge in [0.1, 0.15) is 23.2 Å². The van der Waals surface area contributed by atoms with Crippen LogP contribution in [0.4, 0.5) is 0 Å². The second-order valence-corrected chi connectivity index (χ2v) is 6.35. The van der Waals surface area contributed by atoms with Crippen LogP contribution in [0.3, 0.4) is 0 Å². The third-order valence-corrected chi connectivity index (χ3v) is 4.57. The Balaban J connectivity index is 2.25. The van der Waals surface area contributed by atoms with Crippen LogP contribution in [0, 0.1) is 11.3 Å². The summed E-state index contributed by atoms with van der Waals surface area (Å²) in [4.78, 5) is 28.3. The fourth-order valence-corrected chi connectivity index (χ4v) is 3.34. The Hall–Kier alpha value is -3.73. The van der Waals surface area contributed by atoms with E-state index in [0.717, 1.165) is 0 Å². The smallest absolute Gasteiger partial charge is 0.338 e. The van der Waals surface area contributed by atoms with E-state index in [1.807, 2.05) is 13.0 Å². The van der Waals surface area contributed by atoms with Gasteiger partial charge in [-0.3, -0.25) is 4.79 Å². The maximum atomic E-state index is 12.9. The summed E-state index contributed by atoms with van der Waals surface area (Å²) in [6.45, 7) is 5.71. The summed E-state index contributed by atoms with van der Waals surface area (Å²) >= 11 is 0. The van der Waals surface area contributed by atoms with Gasteiger partial charge in [-0.2, -0.15) is 5.26 Å². The van der Waals surface area contributed by atoms with Gasteiger partial charge in [-0.15, -0.1) is 0 Å². The zero-order valence-electron chi connectivity index (χ0n) is 16.4. The van der Waals surface area contributed by atoms with Gasteiger partial charge in [0.25, 0.3) is 5.56 Å². The number of H-pyrrole nitrogens is 1. The second kappa shape index (κ2) is 8.10. The number of hydrogen-bond donors (Lipinski definition) is 2. The number of esters is 1. The van der Waals surface area contributed by atoms with E-state index in [1.165, 1.54) is 0 Å². The van der Waals surface area contributed by atoms with Crippen LogP contribution in [0.15, 0.2) is 51.8 Å². The van der Waals surface area contributed by atoms with E-state index >= 15 is 0 Å². The molecule has 0 saturated carbocycles. The van der Waals surface area contributed by atoms with Crippen molar-refractivity contribution in [2.75, 3.05) is 13.2 Å². The van der Waals surface area contributed by atoms with E-state index in [0.29, 0.717) is 23.3 Å². The van der Waals surface area contributed by atoms with Gasteiger partial charge in [0.2, 0.25) is 5.88 Å². The molecule has 1 aromatic heterocycles. The Morgan fingerprint density at radius 1 is 1.31 bits per heavy atom. The first-order valence-corrected chi connectivity index (χ1v) is 9.16. The van der Waals surface area contributed by atoms with Gasteiger partial charge in [0, 0.05) is 16.5 Å². The summed E-state index contributed by atoms with van der Waals surface area (Å²) in [7, 11) is 0. The number of carbonyl (C=O) groups is 1. The Bertz CT molecular complexity index is 1140. The minimum atomic E-state index is -1.00. The van der Waals surface area contributed by atoms with Crippen LogP contribution in [0.2, 0.25) is 0 Å². The number of nitrogens with two attached hydrogens (primary N) is 1. The number of carbonyl (C=O) groups excluding carboxylic acids is 1. The molecule has 1 aliphatic heterocycles.